The number of allylic oxidation sites excluding steroid dienone is 2. The van der Waals surface area contributed by atoms with E-state index < -0.39 is 5.97 Å². The summed E-state index contributed by atoms with van der Waals surface area (Å²) in [5.74, 6) is 0.850. The van der Waals surface area contributed by atoms with Crippen LogP contribution in [0.15, 0.2) is 41.5 Å². The van der Waals surface area contributed by atoms with Crippen molar-refractivity contribution in [2.24, 2.45) is 5.92 Å². The number of hydrogen-bond donors (Lipinski definition) is 2. The molecule has 2 rings (SSSR count). The van der Waals surface area contributed by atoms with Crippen LogP contribution in [0.25, 0.3) is 0 Å². The molecule has 0 saturated heterocycles. The third-order valence-electron chi connectivity index (χ3n) is 4.00. The van der Waals surface area contributed by atoms with Gasteiger partial charge < -0.3 is 14.9 Å². The number of phenolic OH excluding ortho intramolecular Hbond substituents is 1. The van der Waals surface area contributed by atoms with Gasteiger partial charge in [0.15, 0.2) is 11.5 Å². The van der Waals surface area contributed by atoms with Gasteiger partial charge in [0, 0.05) is 0 Å². The Labute approximate surface area is 158 Å². The Kier molecular flexibility index (Phi) is 11.1. The summed E-state index contributed by atoms with van der Waals surface area (Å²) in [6.45, 7) is 12.4. The molecular weight excluding hydrogens is 328 g/mol. The quantitative estimate of drug-likeness (QED) is 0.697. The molecule has 146 valence electrons. The first-order valence-corrected chi connectivity index (χ1v) is 9.27. The van der Waals surface area contributed by atoms with Crippen LogP contribution in [0, 0.1) is 5.92 Å². The largest absolute Gasteiger partial charge is 0.504 e. The van der Waals surface area contributed by atoms with Gasteiger partial charge in [0.2, 0.25) is 0 Å². The van der Waals surface area contributed by atoms with Crippen LogP contribution in [-0.4, -0.2) is 23.3 Å². The molecule has 0 aliphatic heterocycles. The fourth-order valence-electron chi connectivity index (χ4n) is 2.38. The number of benzene rings is 1. The Bertz CT molecular complexity index is 625. The van der Waals surface area contributed by atoms with Gasteiger partial charge in [0.25, 0.3) is 0 Å². The molecule has 1 aromatic rings. The van der Waals surface area contributed by atoms with E-state index >= 15 is 0 Å². The Hall–Kier alpha value is -2.23. The SMILES string of the molecule is CC.CC(C)C1=CC(C(=O)O)=CCC1.COc1cc(C(C)C)ccc1O. The van der Waals surface area contributed by atoms with E-state index in [2.05, 4.69) is 27.7 Å². The molecule has 0 radical (unpaired) electrons. The normalized spacial score (nSPS) is 13.0. The Morgan fingerprint density at radius 2 is 1.73 bits per heavy atom. The van der Waals surface area contributed by atoms with Gasteiger partial charge in [-0.3, -0.25) is 0 Å². The summed E-state index contributed by atoms with van der Waals surface area (Å²) in [4.78, 5) is 10.6. The van der Waals surface area contributed by atoms with Crippen LogP contribution in [0.3, 0.4) is 0 Å². The second-order valence-corrected chi connectivity index (χ2v) is 6.46. The maximum Gasteiger partial charge on any atom is 0.335 e. The van der Waals surface area contributed by atoms with Crippen LogP contribution in [-0.2, 0) is 4.79 Å². The molecule has 0 unspecified atom stereocenters. The maximum atomic E-state index is 10.6. The average molecular weight is 363 g/mol. The number of aliphatic carboxylic acids is 1. The summed E-state index contributed by atoms with van der Waals surface area (Å²) >= 11 is 0. The van der Waals surface area contributed by atoms with Gasteiger partial charge in [0.1, 0.15) is 0 Å². The van der Waals surface area contributed by atoms with Crippen LogP contribution in [0.5, 0.6) is 11.5 Å². The summed E-state index contributed by atoms with van der Waals surface area (Å²) in [5.41, 5.74) is 2.87. The third kappa shape index (κ3) is 7.77. The van der Waals surface area contributed by atoms with Crippen molar-refractivity contribution in [1.82, 2.24) is 0 Å². The predicted octanol–water partition coefficient (Wildman–Crippen LogP) is 5.92. The monoisotopic (exact) mass is 362 g/mol. The van der Waals surface area contributed by atoms with Gasteiger partial charge in [-0.2, -0.15) is 0 Å². The molecule has 2 N–H and O–H groups in total. The van der Waals surface area contributed by atoms with Crippen molar-refractivity contribution < 1.29 is 19.7 Å². The molecule has 0 fully saturated rings. The molecule has 4 nitrogen and oxygen atoms in total. The van der Waals surface area contributed by atoms with Crippen molar-refractivity contribution >= 4 is 5.97 Å². The zero-order valence-corrected chi connectivity index (χ0v) is 17.2. The van der Waals surface area contributed by atoms with Gasteiger partial charge in [-0.25, -0.2) is 4.79 Å². The van der Waals surface area contributed by atoms with Crippen molar-refractivity contribution in [1.29, 1.82) is 0 Å². The maximum absolute atomic E-state index is 10.6. The molecule has 1 aliphatic rings. The first-order valence-electron chi connectivity index (χ1n) is 9.27. The lowest BCUT2D eigenvalue weighted by Gasteiger charge is -2.14. The van der Waals surface area contributed by atoms with Crippen molar-refractivity contribution in [3.05, 3.63) is 47.1 Å². The van der Waals surface area contributed by atoms with E-state index in [1.807, 2.05) is 26.0 Å². The lowest BCUT2D eigenvalue weighted by atomic mass is 9.92. The van der Waals surface area contributed by atoms with E-state index in [9.17, 15) is 9.90 Å². The van der Waals surface area contributed by atoms with Gasteiger partial charge >= 0.3 is 5.97 Å². The summed E-state index contributed by atoms with van der Waals surface area (Å²) < 4.78 is 4.99. The molecule has 0 atom stereocenters. The van der Waals surface area contributed by atoms with Crippen LogP contribution in [0.1, 0.15) is 65.9 Å². The highest BCUT2D eigenvalue weighted by Gasteiger charge is 2.12. The minimum atomic E-state index is -0.812. The second kappa shape index (κ2) is 12.2. The van der Waals surface area contributed by atoms with Gasteiger partial charge in [-0.05, 0) is 48.4 Å². The zero-order chi connectivity index (χ0) is 20.3. The molecule has 0 bridgehead atoms. The first kappa shape index (κ1) is 23.8. The number of rotatable bonds is 4. The molecule has 0 saturated carbocycles. The second-order valence-electron chi connectivity index (χ2n) is 6.46. The van der Waals surface area contributed by atoms with Crippen LogP contribution >= 0.6 is 0 Å². The number of aromatic hydroxyl groups is 1. The Balaban J connectivity index is 0.000000439. The van der Waals surface area contributed by atoms with Gasteiger partial charge in [-0.15, -0.1) is 0 Å². The lowest BCUT2D eigenvalue weighted by molar-refractivity contribution is -0.132. The van der Waals surface area contributed by atoms with Crippen molar-refractivity contribution in [2.75, 3.05) is 7.11 Å². The molecule has 1 aliphatic carbocycles. The van der Waals surface area contributed by atoms with E-state index in [1.54, 1.807) is 25.3 Å². The number of carboxylic acid groups (broad SMARTS) is 1. The molecule has 0 amide bonds. The fourth-order valence-corrected chi connectivity index (χ4v) is 2.38. The number of carbonyl (C=O) groups is 1. The molecule has 0 heterocycles. The molecular formula is C22H34O4. The lowest BCUT2D eigenvalue weighted by Crippen LogP contribution is -2.05. The van der Waals surface area contributed by atoms with Gasteiger partial charge in [0.05, 0.1) is 12.7 Å². The predicted molar refractivity (Wildman–Crippen MR) is 108 cm³/mol. The number of phenols is 1. The number of ether oxygens (including phenoxy) is 1. The summed E-state index contributed by atoms with van der Waals surface area (Å²) in [6.07, 6.45) is 5.46. The first-order chi connectivity index (χ1) is 12.3. The van der Waals surface area contributed by atoms with E-state index in [1.165, 1.54) is 11.1 Å². The van der Waals surface area contributed by atoms with E-state index in [4.69, 9.17) is 9.84 Å². The molecule has 4 heteroatoms. The Morgan fingerprint density at radius 3 is 2.19 bits per heavy atom. The van der Waals surface area contributed by atoms with Crippen molar-refractivity contribution in [2.45, 2.75) is 60.3 Å². The van der Waals surface area contributed by atoms with E-state index in [0.29, 0.717) is 23.2 Å². The standard InChI is InChI=1S/2C10H14O2.C2H6/c1-7(2)8-4-5-9(11)10(6-8)12-3;1-7(2)8-4-3-5-9(6-8)10(11)12;1-2/h4-7,11H,1-3H3;5-7H,3-4H2,1-2H3,(H,11,12);1-2H3. The third-order valence-corrected chi connectivity index (χ3v) is 4.00. The highest BCUT2D eigenvalue weighted by atomic mass is 16.5. The summed E-state index contributed by atoms with van der Waals surface area (Å²) in [5, 5.41) is 18.0. The van der Waals surface area contributed by atoms with Gasteiger partial charge in [-0.1, -0.05) is 59.3 Å². The topological polar surface area (TPSA) is 66.8 Å². The number of carboxylic acids is 1. The van der Waals surface area contributed by atoms with E-state index in [-0.39, 0.29) is 5.75 Å². The fraction of sp³-hybridized carbons (Fsp3) is 0.500. The molecule has 0 spiro atoms. The van der Waals surface area contributed by atoms with E-state index in [0.717, 1.165) is 12.8 Å². The molecule has 0 aromatic heterocycles. The number of hydrogen-bond acceptors (Lipinski definition) is 3. The molecule has 26 heavy (non-hydrogen) atoms. The smallest absolute Gasteiger partial charge is 0.335 e. The Morgan fingerprint density at radius 1 is 1.12 bits per heavy atom. The van der Waals surface area contributed by atoms with Crippen molar-refractivity contribution in [3.63, 3.8) is 0 Å². The number of methoxy groups -OCH3 is 1. The highest BCUT2D eigenvalue weighted by molar-refractivity contribution is 5.90. The molecule has 1 aromatic carbocycles. The summed E-state index contributed by atoms with van der Waals surface area (Å²) in [7, 11) is 1.55. The highest BCUT2D eigenvalue weighted by Crippen LogP contribution is 2.29. The van der Waals surface area contributed by atoms with Crippen LogP contribution < -0.4 is 4.74 Å². The van der Waals surface area contributed by atoms with Crippen molar-refractivity contribution in [3.8, 4) is 11.5 Å². The van der Waals surface area contributed by atoms with Crippen LogP contribution in [0.4, 0.5) is 0 Å². The minimum Gasteiger partial charge on any atom is -0.504 e. The average Bonchev–Trinajstić information content (AvgIpc) is 2.64. The zero-order valence-electron chi connectivity index (χ0n) is 17.2. The summed E-state index contributed by atoms with van der Waals surface area (Å²) in [6, 6.07) is 5.43. The van der Waals surface area contributed by atoms with Crippen LogP contribution in [0.2, 0.25) is 0 Å². The minimum absolute atomic E-state index is 0.196.